The van der Waals surface area contributed by atoms with Crippen LogP contribution in [-0.2, 0) is 11.3 Å². The summed E-state index contributed by atoms with van der Waals surface area (Å²) >= 11 is 0.643. The summed E-state index contributed by atoms with van der Waals surface area (Å²) < 4.78 is 1.18. The van der Waals surface area contributed by atoms with E-state index in [1.165, 1.54) is 11.5 Å². The molecule has 6 nitrogen and oxygen atoms in total. The van der Waals surface area contributed by atoms with Crippen LogP contribution in [0.1, 0.15) is 29.2 Å². The van der Waals surface area contributed by atoms with E-state index in [1.54, 1.807) is 0 Å². The van der Waals surface area contributed by atoms with Crippen molar-refractivity contribution in [1.29, 1.82) is 0 Å². The maximum absolute atomic E-state index is 11.6. The van der Waals surface area contributed by atoms with E-state index >= 15 is 0 Å². The second-order valence-corrected chi connectivity index (χ2v) is 5.33. The molecule has 1 aromatic rings. The van der Waals surface area contributed by atoms with E-state index in [2.05, 4.69) is 5.32 Å². The molecule has 0 unspecified atom stereocenters. The summed E-state index contributed by atoms with van der Waals surface area (Å²) in [5, 5.41) is 11.6. The van der Waals surface area contributed by atoms with Crippen LogP contribution in [0.5, 0.6) is 0 Å². The van der Waals surface area contributed by atoms with Crippen molar-refractivity contribution in [3.8, 4) is 0 Å². The number of carbonyl (C=O) groups is 2. The van der Waals surface area contributed by atoms with Gasteiger partial charge in [-0.1, -0.05) is 25.2 Å². The first-order chi connectivity index (χ1) is 8.32. The monoisotopic (exact) mass is 272 g/mol. The zero-order valence-corrected chi connectivity index (χ0v) is 11.3. The number of hydrogen-bond donors (Lipinski definition) is 2. The minimum atomic E-state index is -1.14. The predicted octanol–water partition coefficient (Wildman–Crippen LogP) is 0.689. The van der Waals surface area contributed by atoms with Gasteiger partial charge in [-0.3, -0.25) is 14.2 Å². The van der Waals surface area contributed by atoms with Crippen LogP contribution in [0.2, 0.25) is 0 Å². The van der Waals surface area contributed by atoms with E-state index in [9.17, 15) is 14.4 Å². The summed E-state index contributed by atoms with van der Waals surface area (Å²) in [5.41, 5.74) is 0.317. The highest BCUT2D eigenvalue weighted by atomic mass is 32.1. The lowest BCUT2D eigenvalue weighted by molar-refractivity contribution is -0.121. The van der Waals surface area contributed by atoms with Gasteiger partial charge in [0.15, 0.2) is 0 Å². The first-order valence-electron chi connectivity index (χ1n) is 5.53. The topological polar surface area (TPSA) is 88.4 Å². The summed E-state index contributed by atoms with van der Waals surface area (Å²) in [6.07, 6.45) is 0. The Kier molecular flexibility index (Phi) is 4.66. The Morgan fingerprint density at radius 2 is 2.06 bits per heavy atom. The molecule has 0 atom stereocenters. The average Bonchev–Trinajstić information content (AvgIpc) is 2.54. The standard InChI is InChI=1S/C11H16N2O4S/c1-6(2)4-12-8(14)5-13-7(3)9(10(15)16)18-11(13)17/h6H,4-5H2,1-3H3,(H,12,14)(H,15,16). The number of nitrogens with one attached hydrogen (secondary N) is 1. The van der Waals surface area contributed by atoms with Gasteiger partial charge in [-0.05, 0) is 12.8 Å². The number of aromatic nitrogens is 1. The van der Waals surface area contributed by atoms with Gasteiger partial charge in [0, 0.05) is 12.2 Å². The van der Waals surface area contributed by atoms with Crippen molar-refractivity contribution in [3.05, 3.63) is 20.2 Å². The van der Waals surface area contributed by atoms with E-state index in [4.69, 9.17) is 5.11 Å². The fourth-order valence-corrected chi connectivity index (χ4v) is 2.21. The molecular formula is C11H16N2O4S. The molecule has 0 aliphatic rings. The highest BCUT2D eigenvalue weighted by Gasteiger charge is 2.18. The minimum Gasteiger partial charge on any atom is -0.477 e. The van der Waals surface area contributed by atoms with Crippen LogP contribution >= 0.6 is 11.3 Å². The number of aromatic carboxylic acids is 1. The Labute approximate surface area is 108 Å². The Balaban J connectivity index is 2.82. The van der Waals surface area contributed by atoms with Gasteiger partial charge in [-0.15, -0.1) is 0 Å². The third-order valence-electron chi connectivity index (χ3n) is 2.35. The van der Waals surface area contributed by atoms with Crippen LogP contribution in [0, 0.1) is 12.8 Å². The number of amides is 1. The van der Waals surface area contributed by atoms with Gasteiger partial charge in [-0.2, -0.15) is 0 Å². The van der Waals surface area contributed by atoms with Crippen molar-refractivity contribution in [2.45, 2.75) is 27.3 Å². The van der Waals surface area contributed by atoms with E-state index in [-0.39, 0.29) is 17.3 Å². The van der Waals surface area contributed by atoms with Gasteiger partial charge >= 0.3 is 10.8 Å². The number of carboxylic acid groups (broad SMARTS) is 1. The van der Waals surface area contributed by atoms with Crippen molar-refractivity contribution in [2.24, 2.45) is 5.92 Å². The number of nitrogens with zero attached hydrogens (tertiary/aromatic N) is 1. The lowest BCUT2D eigenvalue weighted by Gasteiger charge is -2.08. The summed E-state index contributed by atoms with van der Waals surface area (Å²) in [4.78, 5) is 33.6. The van der Waals surface area contributed by atoms with Crippen LogP contribution in [0.4, 0.5) is 0 Å². The number of thiazole rings is 1. The van der Waals surface area contributed by atoms with Gasteiger partial charge in [0.05, 0.1) is 0 Å². The van der Waals surface area contributed by atoms with E-state index in [1.807, 2.05) is 13.8 Å². The molecule has 0 saturated carbocycles. The third kappa shape index (κ3) is 3.43. The van der Waals surface area contributed by atoms with Crippen molar-refractivity contribution >= 4 is 23.2 Å². The van der Waals surface area contributed by atoms with E-state index < -0.39 is 10.8 Å². The van der Waals surface area contributed by atoms with Crippen molar-refractivity contribution in [2.75, 3.05) is 6.54 Å². The molecule has 1 amide bonds. The molecule has 0 spiro atoms. The molecule has 0 aliphatic heterocycles. The second kappa shape index (κ2) is 5.81. The number of carboxylic acids is 1. The van der Waals surface area contributed by atoms with E-state index in [0.29, 0.717) is 29.5 Å². The fourth-order valence-electron chi connectivity index (χ4n) is 1.37. The number of hydrogen-bond acceptors (Lipinski definition) is 4. The van der Waals surface area contributed by atoms with Gasteiger partial charge in [0.25, 0.3) is 0 Å². The van der Waals surface area contributed by atoms with Gasteiger partial charge < -0.3 is 10.4 Å². The largest absolute Gasteiger partial charge is 0.477 e. The molecule has 0 fully saturated rings. The van der Waals surface area contributed by atoms with Gasteiger partial charge in [0.2, 0.25) is 5.91 Å². The second-order valence-electron chi connectivity index (χ2n) is 4.37. The van der Waals surface area contributed by atoms with Crippen LogP contribution < -0.4 is 10.2 Å². The Morgan fingerprint density at radius 3 is 2.50 bits per heavy atom. The molecule has 18 heavy (non-hydrogen) atoms. The lowest BCUT2D eigenvalue weighted by Crippen LogP contribution is -2.33. The maximum Gasteiger partial charge on any atom is 0.347 e. The predicted molar refractivity (Wildman–Crippen MR) is 68.1 cm³/mol. The molecule has 0 radical (unpaired) electrons. The molecule has 0 bridgehead atoms. The highest BCUT2D eigenvalue weighted by Crippen LogP contribution is 2.11. The molecule has 1 heterocycles. The molecular weight excluding hydrogens is 256 g/mol. The molecule has 2 N–H and O–H groups in total. The Morgan fingerprint density at radius 1 is 1.44 bits per heavy atom. The van der Waals surface area contributed by atoms with Crippen LogP contribution in [0.25, 0.3) is 0 Å². The lowest BCUT2D eigenvalue weighted by atomic mass is 10.2. The van der Waals surface area contributed by atoms with Crippen molar-refractivity contribution in [3.63, 3.8) is 0 Å². The molecule has 7 heteroatoms. The van der Waals surface area contributed by atoms with E-state index in [0.717, 1.165) is 0 Å². The summed E-state index contributed by atoms with van der Waals surface area (Å²) in [6, 6.07) is 0. The zero-order valence-electron chi connectivity index (χ0n) is 10.5. The maximum atomic E-state index is 11.6. The van der Waals surface area contributed by atoms with Gasteiger partial charge in [-0.25, -0.2) is 4.79 Å². The smallest absolute Gasteiger partial charge is 0.347 e. The van der Waals surface area contributed by atoms with Crippen LogP contribution in [-0.4, -0.2) is 28.1 Å². The Bertz CT molecular complexity index is 516. The molecule has 0 saturated heterocycles. The molecule has 0 aromatic carbocycles. The molecule has 1 aromatic heterocycles. The summed E-state index contributed by atoms with van der Waals surface area (Å²) in [6.45, 7) is 5.84. The van der Waals surface area contributed by atoms with Crippen LogP contribution in [0.3, 0.4) is 0 Å². The van der Waals surface area contributed by atoms with Crippen LogP contribution in [0.15, 0.2) is 4.79 Å². The molecule has 0 aliphatic carbocycles. The highest BCUT2D eigenvalue weighted by molar-refractivity contribution is 7.11. The minimum absolute atomic E-state index is 0.0170. The first-order valence-corrected chi connectivity index (χ1v) is 6.34. The summed E-state index contributed by atoms with van der Waals surface area (Å²) in [7, 11) is 0. The summed E-state index contributed by atoms with van der Waals surface area (Å²) in [5.74, 6) is -1.11. The zero-order chi connectivity index (χ0) is 13.9. The van der Waals surface area contributed by atoms with Crippen molar-refractivity contribution in [1.82, 2.24) is 9.88 Å². The van der Waals surface area contributed by atoms with Gasteiger partial charge in [0.1, 0.15) is 11.4 Å². The quantitative estimate of drug-likeness (QED) is 0.825. The number of rotatable bonds is 5. The fraction of sp³-hybridized carbons (Fsp3) is 0.545. The number of carbonyl (C=O) groups excluding carboxylic acids is 1. The Hall–Kier alpha value is -1.63. The average molecular weight is 272 g/mol. The first kappa shape index (κ1) is 14.4. The van der Waals surface area contributed by atoms with Crippen molar-refractivity contribution < 1.29 is 14.7 Å². The normalized spacial score (nSPS) is 10.7. The molecule has 100 valence electrons. The third-order valence-corrected chi connectivity index (χ3v) is 3.42. The molecule has 1 rings (SSSR count). The SMILES string of the molecule is Cc1c(C(=O)O)sc(=O)n1CC(=O)NCC(C)C.